The Kier molecular flexibility index (Phi) is 5.94. The van der Waals surface area contributed by atoms with Gasteiger partial charge in [-0.15, -0.1) is 12.3 Å². The molecule has 6 heteroatoms. The summed E-state index contributed by atoms with van der Waals surface area (Å²) in [6.45, 7) is -1.28. The highest BCUT2D eigenvalue weighted by Crippen LogP contribution is 2.26. The number of para-hydroxylation sites is 1. The van der Waals surface area contributed by atoms with Crippen LogP contribution in [-0.4, -0.2) is 18.6 Å². The second-order valence-corrected chi connectivity index (χ2v) is 4.16. The van der Waals surface area contributed by atoms with Crippen LogP contribution in [0.2, 0.25) is 0 Å². The number of halogens is 2. The van der Waals surface area contributed by atoms with Crippen molar-refractivity contribution in [3.8, 4) is 18.1 Å². The van der Waals surface area contributed by atoms with Gasteiger partial charge in [-0.2, -0.15) is 8.78 Å². The molecule has 1 rings (SSSR count). The average molecular weight is 282 g/mol. The van der Waals surface area contributed by atoms with E-state index in [1.807, 2.05) is 0 Å². The fourth-order valence-corrected chi connectivity index (χ4v) is 1.66. The molecular formula is C14H16F2N2O2. The predicted octanol–water partition coefficient (Wildman–Crippen LogP) is 1.82. The van der Waals surface area contributed by atoms with Crippen LogP contribution < -0.4 is 15.8 Å². The largest absolute Gasteiger partial charge is 0.434 e. The molecule has 0 aromatic heterocycles. The molecule has 0 heterocycles. The number of hydrogen-bond acceptors (Lipinski definition) is 3. The molecule has 0 radical (unpaired) electrons. The van der Waals surface area contributed by atoms with Gasteiger partial charge in [0.05, 0.1) is 12.1 Å². The number of benzene rings is 1. The molecule has 108 valence electrons. The number of alkyl halides is 2. The molecule has 4 nitrogen and oxygen atoms in total. The van der Waals surface area contributed by atoms with E-state index >= 15 is 0 Å². The lowest BCUT2D eigenvalue weighted by Crippen LogP contribution is -2.41. The third kappa shape index (κ3) is 4.52. The summed E-state index contributed by atoms with van der Waals surface area (Å²) >= 11 is 0. The van der Waals surface area contributed by atoms with Crippen LogP contribution in [0.4, 0.5) is 8.78 Å². The van der Waals surface area contributed by atoms with E-state index in [9.17, 15) is 13.6 Å². The normalized spacial score (nSPS) is 13.4. The maximum atomic E-state index is 12.3. The minimum Gasteiger partial charge on any atom is -0.434 e. The Hall–Kier alpha value is -2.13. The van der Waals surface area contributed by atoms with Crippen LogP contribution in [0.3, 0.4) is 0 Å². The molecule has 1 aromatic rings. The fraction of sp³-hybridized carbons (Fsp3) is 0.357. The molecule has 0 spiro atoms. The summed E-state index contributed by atoms with van der Waals surface area (Å²) in [6, 6.07) is 4.88. The Labute approximate surface area is 116 Å². The lowest BCUT2D eigenvalue weighted by Gasteiger charge is -2.19. The van der Waals surface area contributed by atoms with Crippen LogP contribution in [0.5, 0.6) is 5.75 Å². The molecule has 0 aliphatic rings. The first-order chi connectivity index (χ1) is 9.45. The van der Waals surface area contributed by atoms with E-state index in [1.54, 1.807) is 25.1 Å². The Bertz CT molecular complexity index is 500. The van der Waals surface area contributed by atoms with Crippen molar-refractivity contribution in [3.63, 3.8) is 0 Å². The van der Waals surface area contributed by atoms with Crippen molar-refractivity contribution in [3.05, 3.63) is 29.8 Å². The van der Waals surface area contributed by atoms with Crippen LogP contribution in [0.15, 0.2) is 24.3 Å². The lowest BCUT2D eigenvalue weighted by molar-refractivity contribution is -0.122. The third-order valence-electron chi connectivity index (χ3n) is 2.63. The molecule has 0 bridgehead atoms. The van der Waals surface area contributed by atoms with Crippen LogP contribution in [0.25, 0.3) is 0 Å². The van der Waals surface area contributed by atoms with Crippen molar-refractivity contribution >= 4 is 5.91 Å². The van der Waals surface area contributed by atoms with E-state index in [0.29, 0.717) is 5.56 Å². The molecule has 1 aromatic carbocycles. The van der Waals surface area contributed by atoms with E-state index in [0.717, 1.165) is 0 Å². The molecule has 3 N–H and O–H groups in total. The molecule has 0 saturated carbocycles. The summed E-state index contributed by atoms with van der Waals surface area (Å²) in [5, 5.41) is 2.61. The smallest absolute Gasteiger partial charge is 0.387 e. The molecule has 0 aliphatic heterocycles. The summed E-state index contributed by atoms with van der Waals surface area (Å²) in [5.41, 5.74) is 6.01. The average Bonchev–Trinajstić information content (AvgIpc) is 2.38. The van der Waals surface area contributed by atoms with Crippen LogP contribution in [0, 0.1) is 12.3 Å². The van der Waals surface area contributed by atoms with Crippen molar-refractivity contribution in [1.29, 1.82) is 0 Å². The number of carbonyl (C=O) groups is 1. The first-order valence-corrected chi connectivity index (χ1v) is 5.98. The zero-order valence-electron chi connectivity index (χ0n) is 11.0. The monoisotopic (exact) mass is 282 g/mol. The maximum absolute atomic E-state index is 12.3. The molecule has 20 heavy (non-hydrogen) atoms. The molecular weight excluding hydrogens is 266 g/mol. The van der Waals surface area contributed by atoms with Crippen LogP contribution in [0.1, 0.15) is 24.9 Å². The Balaban J connectivity index is 2.79. The minimum absolute atomic E-state index is 0.0146. The van der Waals surface area contributed by atoms with Gasteiger partial charge in [0.15, 0.2) is 0 Å². The van der Waals surface area contributed by atoms with E-state index < -0.39 is 24.6 Å². The number of carbonyl (C=O) groups excluding carboxylic acids is 1. The van der Waals surface area contributed by atoms with Gasteiger partial charge in [-0.3, -0.25) is 4.79 Å². The van der Waals surface area contributed by atoms with Gasteiger partial charge in [-0.05, 0) is 13.0 Å². The standard InChI is InChI=1S/C14H16F2N2O2/c1-3-6-11(17)13(19)18-9(2)10-7-4-5-8-12(10)20-14(15)16/h1,4-5,7-9,11,14H,6,17H2,2H3,(H,18,19). The Morgan fingerprint density at radius 1 is 1.50 bits per heavy atom. The van der Waals surface area contributed by atoms with Crippen molar-refractivity contribution in [1.82, 2.24) is 5.32 Å². The Morgan fingerprint density at radius 2 is 2.15 bits per heavy atom. The van der Waals surface area contributed by atoms with Gasteiger partial charge < -0.3 is 15.8 Å². The SMILES string of the molecule is C#CCC(N)C(=O)NC(C)c1ccccc1OC(F)F. The number of ether oxygens (including phenoxy) is 1. The summed E-state index contributed by atoms with van der Waals surface area (Å²) in [6.07, 6.45) is 5.18. The van der Waals surface area contributed by atoms with Gasteiger partial charge in [-0.25, -0.2) is 0 Å². The van der Waals surface area contributed by atoms with Crippen molar-refractivity contribution in [2.75, 3.05) is 0 Å². The first-order valence-electron chi connectivity index (χ1n) is 5.98. The highest BCUT2D eigenvalue weighted by atomic mass is 19.3. The molecule has 0 aliphatic carbocycles. The fourth-order valence-electron chi connectivity index (χ4n) is 1.66. The second-order valence-electron chi connectivity index (χ2n) is 4.16. The molecule has 2 unspecified atom stereocenters. The van der Waals surface area contributed by atoms with E-state index in [4.69, 9.17) is 12.2 Å². The number of nitrogens with two attached hydrogens (primary N) is 1. The highest BCUT2D eigenvalue weighted by Gasteiger charge is 2.19. The number of hydrogen-bond donors (Lipinski definition) is 2. The van der Waals surface area contributed by atoms with Crippen LogP contribution >= 0.6 is 0 Å². The van der Waals surface area contributed by atoms with E-state index in [-0.39, 0.29) is 12.2 Å². The summed E-state index contributed by atoms with van der Waals surface area (Å²) in [5.74, 6) is 1.86. The van der Waals surface area contributed by atoms with Gasteiger partial charge in [0.2, 0.25) is 5.91 Å². The van der Waals surface area contributed by atoms with Crippen molar-refractivity contribution < 1.29 is 18.3 Å². The number of rotatable bonds is 6. The highest BCUT2D eigenvalue weighted by molar-refractivity contribution is 5.82. The summed E-state index contributed by atoms with van der Waals surface area (Å²) in [7, 11) is 0. The van der Waals surface area contributed by atoms with Gasteiger partial charge in [0.1, 0.15) is 5.75 Å². The van der Waals surface area contributed by atoms with Gasteiger partial charge in [0, 0.05) is 12.0 Å². The van der Waals surface area contributed by atoms with Crippen LogP contribution in [-0.2, 0) is 4.79 Å². The predicted molar refractivity (Wildman–Crippen MR) is 71.1 cm³/mol. The second kappa shape index (κ2) is 7.46. The number of nitrogens with one attached hydrogen (secondary N) is 1. The van der Waals surface area contributed by atoms with E-state index in [1.165, 1.54) is 6.07 Å². The summed E-state index contributed by atoms with van der Waals surface area (Å²) < 4.78 is 29.0. The third-order valence-corrected chi connectivity index (χ3v) is 2.63. The first kappa shape index (κ1) is 15.9. The summed E-state index contributed by atoms with van der Waals surface area (Å²) in [4.78, 5) is 11.7. The number of terminal acetylenes is 1. The molecule has 2 atom stereocenters. The maximum Gasteiger partial charge on any atom is 0.387 e. The molecule has 0 fully saturated rings. The topological polar surface area (TPSA) is 64.4 Å². The Morgan fingerprint density at radius 3 is 2.75 bits per heavy atom. The zero-order valence-corrected chi connectivity index (χ0v) is 11.0. The van der Waals surface area contributed by atoms with Crippen molar-refractivity contribution in [2.24, 2.45) is 5.73 Å². The van der Waals surface area contributed by atoms with Crippen molar-refractivity contribution in [2.45, 2.75) is 32.0 Å². The van der Waals surface area contributed by atoms with Gasteiger partial charge in [-0.1, -0.05) is 18.2 Å². The lowest BCUT2D eigenvalue weighted by atomic mass is 10.1. The molecule has 1 amide bonds. The van der Waals surface area contributed by atoms with Gasteiger partial charge in [0.25, 0.3) is 0 Å². The van der Waals surface area contributed by atoms with E-state index in [2.05, 4.69) is 16.0 Å². The quantitative estimate of drug-likeness (QED) is 0.782. The number of amides is 1. The van der Waals surface area contributed by atoms with Gasteiger partial charge >= 0.3 is 6.61 Å². The zero-order chi connectivity index (χ0) is 15.1. The minimum atomic E-state index is -2.93. The molecule has 0 saturated heterocycles.